The topological polar surface area (TPSA) is 15.3 Å². The van der Waals surface area contributed by atoms with E-state index in [0.29, 0.717) is 0 Å². The molecule has 17 heavy (non-hydrogen) atoms. The van der Waals surface area contributed by atoms with Crippen LogP contribution in [0.25, 0.3) is 0 Å². The highest BCUT2D eigenvalue weighted by molar-refractivity contribution is 7.99. The van der Waals surface area contributed by atoms with Crippen LogP contribution in [0.5, 0.6) is 0 Å². The standard InChI is InChI=1S/C14H28N2S/c1-11-10-12(15-2)8-9-16(11)13-6-4-5-7-14(13)17-3/h11-15H,4-10H2,1-3H3. The minimum atomic E-state index is 0.748. The maximum absolute atomic E-state index is 3.45. The first kappa shape index (κ1) is 13.7. The summed E-state index contributed by atoms with van der Waals surface area (Å²) in [5.74, 6) is 0. The van der Waals surface area contributed by atoms with Crippen LogP contribution in [0.15, 0.2) is 0 Å². The van der Waals surface area contributed by atoms with Gasteiger partial charge in [0.15, 0.2) is 0 Å². The summed E-state index contributed by atoms with van der Waals surface area (Å²) < 4.78 is 0. The van der Waals surface area contributed by atoms with Crippen LogP contribution in [0.2, 0.25) is 0 Å². The summed E-state index contributed by atoms with van der Waals surface area (Å²) in [7, 11) is 2.11. The van der Waals surface area contributed by atoms with E-state index in [2.05, 4.69) is 42.2 Å². The Balaban J connectivity index is 1.96. The average molecular weight is 256 g/mol. The predicted octanol–water partition coefficient (Wildman–Crippen LogP) is 2.73. The zero-order chi connectivity index (χ0) is 12.3. The van der Waals surface area contributed by atoms with Crippen LogP contribution in [0.3, 0.4) is 0 Å². The molecule has 100 valence electrons. The number of hydrogen-bond donors (Lipinski definition) is 1. The summed E-state index contributed by atoms with van der Waals surface area (Å²) in [6.07, 6.45) is 10.7. The van der Waals surface area contributed by atoms with Crippen molar-refractivity contribution in [3.63, 3.8) is 0 Å². The van der Waals surface area contributed by atoms with Crippen LogP contribution in [-0.4, -0.2) is 48.1 Å². The molecule has 3 heteroatoms. The molecule has 1 N–H and O–H groups in total. The lowest BCUT2D eigenvalue weighted by Gasteiger charge is -2.46. The van der Waals surface area contributed by atoms with Crippen molar-refractivity contribution in [1.82, 2.24) is 10.2 Å². The van der Waals surface area contributed by atoms with Gasteiger partial charge in [0.2, 0.25) is 0 Å². The highest BCUT2D eigenvalue weighted by Crippen LogP contribution is 2.34. The molecule has 0 aromatic heterocycles. The Morgan fingerprint density at radius 2 is 1.94 bits per heavy atom. The van der Waals surface area contributed by atoms with Gasteiger partial charge < -0.3 is 5.32 Å². The molecule has 0 radical (unpaired) electrons. The molecule has 4 atom stereocenters. The summed E-state index contributed by atoms with van der Waals surface area (Å²) in [5.41, 5.74) is 0. The molecule has 4 unspecified atom stereocenters. The fourth-order valence-electron chi connectivity index (χ4n) is 3.68. The molecule has 0 amide bonds. The molecule has 2 rings (SSSR count). The smallest absolute Gasteiger partial charge is 0.0217 e. The maximum atomic E-state index is 3.45. The molecular formula is C14H28N2S. The van der Waals surface area contributed by atoms with E-state index >= 15 is 0 Å². The molecular weight excluding hydrogens is 228 g/mol. The van der Waals surface area contributed by atoms with Crippen LogP contribution in [-0.2, 0) is 0 Å². The maximum Gasteiger partial charge on any atom is 0.0217 e. The number of thioether (sulfide) groups is 1. The fraction of sp³-hybridized carbons (Fsp3) is 1.00. The molecule has 2 nitrogen and oxygen atoms in total. The van der Waals surface area contributed by atoms with E-state index in [1.807, 2.05) is 0 Å². The van der Waals surface area contributed by atoms with Gasteiger partial charge in [-0.15, -0.1) is 0 Å². The van der Waals surface area contributed by atoms with E-state index in [4.69, 9.17) is 0 Å². The van der Waals surface area contributed by atoms with Gasteiger partial charge in [-0.2, -0.15) is 11.8 Å². The normalized spacial score (nSPS) is 40.4. The monoisotopic (exact) mass is 256 g/mol. The molecule has 1 saturated heterocycles. The number of piperidine rings is 1. The SMILES string of the molecule is CNC1CCN(C2CCCCC2SC)C(C)C1. The number of hydrogen-bond acceptors (Lipinski definition) is 3. The van der Waals surface area contributed by atoms with Crippen LogP contribution >= 0.6 is 11.8 Å². The molecule has 2 fully saturated rings. The summed E-state index contributed by atoms with van der Waals surface area (Å²) in [4.78, 5) is 2.81. The van der Waals surface area contributed by atoms with Crippen LogP contribution in [0.4, 0.5) is 0 Å². The molecule has 2 aliphatic rings. The quantitative estimate of drug-likeness (QED) is 0.836. The molecule has 0 aromatic rings. The second-order valence-electron chi connectivity index (χ2n) is 5.72. The molecule has 0 aromatic carbocycles. The lowest BCUT2D eigenvalue weighted by atomic mass is 9.89. The fourth-order valence-corrected chi connectivity index (χ4v) is 4.69. The first-order chi connectivity index (χ1) is 8.26. The summed E-state index contributed by atoms with van der Waals surface area (Å²) >= 11 is 2.10. The number of likely N-dealkylation sites (tertiary alicyclic amines) is 1. The van der Waals surface area contributed by atoms with E-state index in [0.717, 1.165) is 23.4 Å². The van der Waals surface area contributed by atoms with Gasteiger partial charge in [0.25, 0.3) is 0 Å². The number of rotatable bonds is 3. The van der Waals surface area contributed by atoms with Crippen molar-refractivity contribution in [3.05, 3.63) is 0 Å². The summed E-state index contributed by atoms with van der Waals surface area (Å²) in [6.45, 7) is 3.73. The minimum absolute atomic E-state index is 0.748. The molecule has 0 bridgehead atoms. The van der Waals surface area contributed by atoms with Crippen LogP contribution in [0, 0.1) is 0 Å². The lowest BCUT2D eigenvalue weighted by molar-refractivity contribution is 0.0727. The van der Waals surface area contributed by atoms with E-state index in [9.17, 15) is 0 Å². The van der Waals surface area contributed by atoms with Crippen LogP contribution < -0.4 is 5.32 Å². The molecule has 1 saturated carbocycles. The average Bonchev–Trinajstić information content (AvgIpc) is 2.38. The Morgan fingerprint density at radius 3 is 2.59 bits per heavy atom. The highest BCUT2D eigenvalue weighted by Gasteiger charge is 2.35. The Labute approximate surface area is 111 Å². The van der Waals surface area contributed by atoms with Gasteiger partial charge in [0.05, 0.1) is 0 Å². The third-order valence-corrected chi connectivity index (χ3v) is 5.89. The summed E-state index contributed by atoms with van der Waals surface area (Å²) in [5, 5.41) is 4.34. The molecule has 0 spiro atoms. The first-order valence-electron chi connectivity index (χ1n) is 7.22. The van der Waals surface area contributed by atoms with Crippen molar-refractivity contribution in [2.24, 2.45) is 0 Å². The van der Waals surface area contributed by atoms with Gasteiger partial charge in [-0.05, 0) is 45.9 Å². The Hall–Kier alpha value is 0.270. The van der Waals surface area contributed by atoms with Gasteiger partial charge in [-0.3, -0.25) is 4.90 Å². The molecule has 1 aliphatic carbocycles. The van der Waals surface area contributed by atoms with Crippen molar-refractivity contribution in [1.29, 1.82) is 0 Å². The third kappa shape index (κ3) is 3.18. The molecule has 1 aliphatic heterocycles. The highest BCUT2D eigenvalue weighted by atomic mass is 32.2. The molecule has 1 heterocycles. The minimum Gasteiger partial charge on any atom is -0.317 e. The van der Waals surface area contributed by atoms with E-state index in [-0.39, 0.29) is 0 Å². The predicted molar refractivity (Wildman–Crippen MR) is 77.8 cm³/mol. The van der Waals surface area contributed by atoms with Gasteiger partial charge in [0.1, 0.15) is 0 Å². The number of nitrogens with zero attached hydrogens (tertiary/aromatic N) is 1. The third-order valence-electron chi connectivity index (χ3n) is 4.73. The van der Waals surface area contributed by atoms with Crippen molar-refractivity contribution < 1.29 is 0 Å². The van der Waals surface area contributed by atoms with E-state index < -0.39 is 0 Å². The Bertz CT molecular complexity index is 234. The Morgan fingerprint density at radius 1 is 1.18 bits per heavy atom. The largest absolute Gasteiger partial charge is 0.317 e. The van der Waals surface area contributed by atoms with Crippen molar-refractivity contribution in [2.75, 3.05) is 19.8 Å². The van der Waals surface area contributed by atoms with Gasteiger partial charge >= 0.3 is 0 Å². The second kappa shape index (κ2) is 6.44. The van der Waals surface area contributed by atoms with Gasteiger partial charge in [-0.25, -0.2) is 0 Å². The number of nitrogens with one attached hydrogen (secondary N) is 1. The zero-order valence-corrected chi connectivity index (χ0v) is 12.4. The van der Waals surface area contributed by atoms with Crippen molar-refractivity contribution in [2.45, 2.75) is 68.8 Å². The second-order valence-corrected chi connectivity index (χ2v) is 6.80. The zero-order valence-electron chi connectivity index (χ0n) is 11.6. The van der Waals surface area contributed by atoms with E-state index in [1.54, 1.807) is 0 Å². The first-order valence-corrected chi connectivity index (χ1v) is 8.51. The lowest BCUT2D eigenvalue weighted by Crippen LogP contribution is -2.54. The van der Waals surface area contributed by atoms with Gasteiger partial charge in [-0.1, -0.05) is 12.8 Å². The van der Waals surface area contributed by atoms with Crippen LogP contribution in [0.1, 0.15) is 45.4 Å². The van der Waals surface area contributed by atoms with Gasteiger partial charge in [0, 0.05) is 29.9 Å². The van der Waals surface area contributed by atoms with Crippen molar-refractivity contribution >= 4 is 11.8 Å². The van der Waals surface area contributed by atoms with E-state index in [1.165, 1.54) is 45.1 Å². The summed E-state index contributed by atoms with van der Waals surface area (Å²) in [6, 6.07) is 2.36. The Kier molecular flexibility index (Phi) is 5.19. The van der Waals surface area contributed by atoms with Crippen molar-refractivity contribution in [3.8, 4) is 0 Å².